The summed E-state index contributed by atoms with van der Waals surface area (Å²) in [5.41, 5.74) is 1.27. The van der Waals surface area contributed by atoms with Crippen LogP contribution in [0.1, 0.15) is 31.7 Å². The number of hydrogen-bond donors (Lipinski definition) is 0. The molecule has 8 nitrogen and oxygen atoms in total. The zero-order valence-corrected chi connectivity index (χ0v) is 20.4. The third-order valence-corrected chi connectivity index (χ3v) is 5.99. The number of hydrogen-bond acceptors (Lipinski definition) is 6. The number of carbonyl (C=O) groups excluding carboxylic acids is 1. The van der Waals surface area contributed by atoms with Crippen LogP contribution >= 0.6 is 11.6 Å². The largest absolute Gasteiger partial charge is 0.379 e. The average Bonchev–Trinajstić information content (AvgIpc) is 3.13. The predicted molar refractivity (Wildman–Crippen MR) is 131 cm³/mol. The van der Waals surface area contributed by atoms with E-state index in [1.807, 2.05) is 19.9 Å². The van der Waals surface area contributed by atoms with E-state index < -0.39 is 0 Å². The summed E-state index contributed by atoms with van der Waals surface area (Å²) in [6.45, 7) is 8.36. The van der Waals surface area contributed by atoms with Gasteiger partial charge in [0.2, 0.25) is 0 Å². The molecule has 1 aliphatic rings. The molecule has 3 aromatic rings. The van der Waals surface area contributed by atoms with Gasteiger partial charge in [0, 0.05) is 37.3 Å². The van der Waals surface area contributed by atoms with Crippen molar-refractivity contribution in [1.82, 2.24) is 24.2 Å². The van der Waals surface area contributed by atoms with Crippen molar-refractivity contribution in [3.8, 4) is 11.5 Å². The van der Waals surface area contributed by atoms with Crippen LogP contribution in [-0.2, 0) is 22.4 Å². The van der Waals surface area contributed by atoms with Crippen LogP contribution in [0.2, 0.25) is 5.02 Å². The van der Waals surface area contributed by atoms with E-state index in [0.717, 1.165) is 44.8 Å². The maximum absolute atomic E-state index is 13.4. The number of benzene rings is 1. The van der Waals surface area contributed by atoms with Gasteiger partial charge in [0.1, 0.15) is 11.6 Å². The lowest BCUT2D eigenvalue weighted by Crippen LogP contribution is -2.37. The van der Waals surface area contributed by atoms with Crippen LogP contribution in [0.5, 0.6) is 0 Å². The molecular weight excluding hydrogens is 454 g/mol. The second-order valence-electron chi connectivity index (χ2n) is 8.97. The number of ether oxygens (including phenoxy) is 1. The van der Waals surface area contributed by atoms with Crippen molar-refractivity contribution in [3.63, 3.8) is 0 Å². The molecule has 1 fully saturated rings. The van der Waals surface area contributed by atoms with Gasteiger partial charge in [0.25, 0.3) is 0 Å². The van der Waals surface area contributed by atoms with Crippen LogP contribution in [-0.4, -0.2) is 62.9 Å². The fourth-order valence-electron chi connectivity index (χ4n) is 4.05. The number of rotatable bonds is 9. The number of carbonyl (C=O) groups is 1. The fraction of sp³-hybridized carbons (Fsp3) is 0.440. The summed E-state index contributed by atoms with van der Waals surface area (Å²) in [6.07, 6.45) is 3.13. The molecule has 1 saturated heterocycles. The van der Waals surface area contributed by atoms with Crippen molar-refractivity contribution in [3.05, 3.63) is 69.5 Å². The van der Waals surface area contributed by atoms with Gasteiger partial charge < -0.3 is 4.74 Å². The highest BCUT2D eigenvalue weighted by atomic mass is 35.5. The molecule has 2 aromatic heterocycles. The van der Waals surface area contributed by atoms with Crippen molar-refractivity contribution in [2.45, 2.75) is 33.1 Å². The molecule has 9 heteroatoms. The summed E-state index contributed by atoms with van der Waals surface area (Å²) in [5.74, 6) is 1.05. The van der Waals surface area contributed by atoms with E-state index in [9.17, 15) is 9.59 Å². The molecule has 0 unspecified atom stereocenters. The summed E-state index contributed by atoms with van der Waals surface area (Å²) in [7, 11) is 0. The Kier molecular flexibility index (Phi) is 7.92. The maximum Gasteiger partial charge on any atom is 0.356 e. The number of aromatic nitrogens is 4. The standard InChI is InChI=1S/C25H30ClN5O3/c1-18(2)14-22(32)16-24-28-31(25(33)30(24)21-5-3-4-20(26)15-21)23-7-6-19(17-27-23)8-9-29-10-12-34-13-11-29/h3-7,15,17-18H,8-14,16H2,1-2H3. The highest BCUT2D eigenvalue weighted by Gasteiger charge is 2.20. The van der Waals surface area contributed by atoms with E-state index in [0.29, 0.717) is 28.8 Å². The van der Waals surface area contributed by atoms with Crippen LogP contribution in [0.3, 0.4) is 0 Å². The minimum Gasteiger partial charge on any atom is -0.379 e. The quantitative estimate of drug-likeness (QED) is 0.465. The number of halogens is 1. The Morgan fingerprint density at radius 1 is 1.18 bits per heavy atom. The zero-order chi connectivity index (χ0) is 24.1. The number of nitrogens with zero attached hydrogens (tertiary/aromatic N) is 5. The minimum atomic E-state index is -0.386. The van der Waals surface area contributed by atoms with E-state index in [2.05, 4.69) is 15.0 Å². The molecule has 0 aliphatic carbocycles. The molecule has 0 saturated carbocycles. The smallest absolute Gasteiger partial charge is 0.356 e. The summed E-state index contributed by atoms with van der Waals surface area (Å²) < 4.78 is 8.09. The topological polar surface area (TPSA) is 82.2 Å². The Labute approximate surface area is 204 Å². The van der Waals surface area contributed by atoms with Crippen LogP contribution < -0.4 is 5.69 Å². The first kappa shape index (κ1) is 24.3. The highest BCUT2D eigenvalue weighted by Crippen LogP contribution is 2.17. The normalized spacial score (nSPS) is 14.6. The fourth-order valence-corrected chi connectivity index (χ4v) is 4.24. The summed E-state index contributed by atoms with van der Waals surface area (Å²) in [6, 6.07) is 10.7. The first-order valence-corrected chi connectivity index (χ1v) is 12.0. The summed E-state index contributed by atoms with van der Waals surface area (Å²) >= 11 is 6.17. The first-order chi connectivity index (χ1) is 16.4. The van der Waals surface area contributed by atoms with Crippen molar-refractivity contribution in [1.29, 1.82) is 0 Å². The van der Waals surface area contributed by atoms with Crippen LogP contribution in [0.25, 0.3) is 11.5 Å². The predicted octanol–water partition coefficient (Wildman–Crippen LogP) is 3.10. The molecule has 1 aromatic carbocycles. The molecule has 3 heterocycles. The first-order valence-electron chi connectivity index (χ1n) is 11.6. The van der Waals surface area contributed by atoms with Gasteiger partial charge in [0.05, 0.1) is 25.3 Å². The minimum absolute atomic E-state index is 0.0295. The van der Waals surface area contributed by atoms with E-state index in [-0.39, 0.29) is 23.8 Å². The second kappa shape index (κ2) is 11.1. The lowest BCUT2D eigenvalue weighted by Gasteiger charge is -2.26. The molecule has 34 heavy (non-hydrogen) atoms. The molecule has 0 atom stereocenters. The molecular formula is C25H30ClN5O3. The molecule has 4 rings (SSSR count). The Balaban J connectivity index is 1.60. The van der Waals surface area contributed by atoms with Gasteiger partial charge in [-0.25, -0.2) is 14.3 Å². The van der Waals surface area contributed by atoms with Gasteiger partial charge in [-0.2, -0.15) is 4.68 Å². The van der Waals surface area contributed by atoms with E-state index in [1.165, 1.54) is 9.25 Å². The van der Waals surface area contributed by atoms with Gasteiger partial charge in [0.15, 0.2) is 5.82 Å². The van der Waals surface area contributed by atoms with E-state index in [1.54, 1.807) is 36.5 Å². The monoisotopic (exact) mass is 483 g/mol. The molecule has 0 amide bonds. The Morgan fingerprint density at radius 2 is 1.97 bits per heavy atom. The Morgan fingerprint density at radius 3 is 2.65 bits per heavy atom. The van der Waals surface area contributed by atoms with Gasteiger partial charge >= 0.3 is 5.69 Å². The zero-order valence-electron chi connectivity index (χ0n) is 19.6. The molecule has 0 bridgehead atoms. The lowest BCUT2D eigenvalue weighted by molar-refractivity contribution is -0.119. The van der Waals surface area contributed by atoms with Crippen LogP contribution in [0.4, 0.5) is 0 Å². The third-order valence-electron chi connectivity index (χ3n) is 5.75. The van der Waals surface area contributed by atoms with E-state index >= 15 is 0 Å². The number of morpholine rings is 1. The molecule has 180 valence electrons. The van der Waals surface area contributed by atoms with Crippen molar-refractivity contribution in [2.24, 2.45) is 5.92 Å². The number of Topliss-reactive ketones (excluding diaryl/α,β-unsaturated/α-hetero) is 1. The van der Waals surface area contributed by atoms with Crippen LogP contribution in [0, 0.1) is 5.92 Å². The lowest BCUT2D eigenvalue weighted by atomic mass is 10.1. The van der Waals surface area contributed by atoms with E-state index in [4.69, 9.17) is 16.3 Å². The van der Waals surface area contributed by atoms with Crippen molar-refractivity contribution >= 4 is 17.4 Å². The second-order valence-corrected chi connectivity index (χ2v) is 9.40. The van der Waals surface area contributed by atoms with Gasteiger partial charge in [-0.05, 0) is 42.2 Å². The molecule has 0 radical (unpaired) electrons. The SMILES string of the molecule is CC(C)CC(=O)Cc1nn(-c2ccc(CCN3CCOCC3)cn2)c(=O)n1-c1cccc(Cl)c1. The Bertz CT molecular complexity index is 1180. The average molecular weight is 484 g/mol. The van der Waals surface area contributed by atoms with Gasteiger partial charge in [-0.15, -0.1) is 5.10 Å². The van der Waals surface area contributed by atoms with Crippen molar-refractivity contribution < 1.29 is 9.53 Å². The summed E-state index contributed by atoms with van der Waals surface area (Å²) in [4.78, 5) is 32.8. The van der Waals surface area contributed by atoms with Gasteiger partial charge in [-0.1, -0.05) is 37.6 Å². The summed E-state index contributed by atoms with van der Waals surface area (Å²) in [5, 5.41) is 5.00. The highest BCUT2D eigenvalue weighted by molar-refractivity contribution is 6.30. The third kappa shape index (κ3) is 6.00. The molecule has 0 N–H and O–H groups in total. The van der Waals surface area contributed by atoms with Gasteiger partial charge in [-0.3, -0.25) is 9.69 Å². The van der Waals surface area contributed by atoms with Crippen LogP contribution in [0.15, 0.2) is 47.4 Å². The maximum atomic E-state index is 13.4. The molecule has 1 aliphatic heterocycles. The number of ketones is 1. The molecule has 0 spiro atoms. The van der Waals surface area contributed by atoms with Crippen molar-refractivity contribution in [2.75, 3.05) is 32.8 Å². The Hall–Kier alpha value is -2.81. The number of pyridine rings is 1.